The van der Waals surface area contributed by atoms with E-state index in [0.29, 0.717) is 6.04 Å². The number of hydrogen-bond donors (Lipinski definition) is 1. The molecule has 1 aliphatic rings. The van der Waals surface area contributed by atoms with Crippen LogP contribution in [-0.2, 0) is 6.54 Å². The highest BCUT2D eigenvalue weighted by molar-refractivity contribution is 7.07. The molecule has 112 valence electrons. The molecule has 6 nitrogen and oxygen atoms in total. The minimum atomic E-state index is 0.333. The van der Waals surface area contributed by atoms with Crippen LogP contribution in [0.5, 0.6) is 0 Å². The quantitative estimate of drug-likeness (QED) is 0.802. The van der Waals surface area contributed by atoms with Gasteiger partial charge in [-0.3, -0.25) is 9.88 Å². The molecule has 1 aliphatic heterocycles. The van der Waals surface area contributed by atoms with Crippen LogP contribution < -0.4 is 0 Å². The molecule has 3 aromatic rings. The average Bonchev–Trinajstić information content (AvgIpc) is 3.31. The number of rotatable bonds is 4. The van der Waals surface area contributed by atoms with Gasteiger partial charge in [-0.15, -0.1) is 11.3 Å². The van der Waals surface area contributed by atoms with Gasteiger partial charge in [0.2, 0.25) is 0 Å². The minimum absolute atomic E-state index is 0.333. The largest absolute Gasteiger partial charge is 0.343 e. The van der Waals surface area contributed by atoms with Gasteiger partial charge in [0.05, 0.1) is 35.3 Å². The highest BCUT2D eigenvalue weighted by Crippen LogP contribution is 2.32. The normalized spacial score (nSPS) is 18.8. The van der Waals surface area contributed by atoms with Gasteiger partial charge in [0.1, 0.15) is 5.69 Å². The lowest BCUT2D eigenvalue weighted by Gasteiger charge is -2.22. The molecule has 0 unspecified atom stereocenters. The fourth-order valence-electron chi connectivity index (χ4n) is 2.91. The van der Waals surface area contributed by atoms with E-state index in [2.05, 4.69) is 35.2 Å². The predicted octanol–water partition coefficient (Wildman–Crippen LogP) is 2.66. The summed E-state index contributed by atoms with van der Waals surface area (Å²) in [6.45, 7) is 1.97. The number of nitrogens with zero attached hydrogens (tertiary/aromatic N) is 5. The molecule has 1 N–H and O–H groups in total. The average molecular weight is 312 g/mol. The Bertz CT molecular complexity index is 707. The summed E-state index contributed by atoms with van der Waals surface area (Å²) < 4.78 is 0. The summed E-state index contributed by atoms with van der Waals surface area (Å²) >= 11 is 1.64. The van der Waals surface area contributed by atoms with E-state index in [-0.39, 0.29) is 0 Å². The van der Waals surface area contributed by atoms with E-state index in [0.717, 1.165) is 42.4 Å². The molecule has 3 aromatic heterocycles. The van der Waals surface area contributed by atoms with Crippen LogP contribution in [0, 0.1) is 0 Å². The summed E-state index contributed by atoms with van der Waals surface area (Å²) in [6.07, 6.45) is 9.50. The van der Waals surface area contributed by atoms with Crippen LogP contribution in [-0.4, -0.2) is 36.4 Å². The van der Waals surface area contributed by atoms with E-state index in [9.17, 15) is 0 Å². The Balaban J connectivity index is 1.53. The van der Waals surface area contributed by atoms with Crippen molar-refractivity contribution in [2.24, 2.45) is 0 Å². The molecule has 0 amide bonds. The molecule has 7 heteroatoms. The molecule has 0 aromatic carbocycles. The van der Waals surface area contributed by atoms with E-state index in [1.807, 2.05) is 11.7 Å². The summed E-state index contributed by atoms with van der Waals surface area (Å²) in [4.78, 5) is 23.2. The lowest BCUT2D eigenvalue weighted by molar-refractivity contribution is 0.241. The first-order chi connectivity index (χ1) is 10.9. The van der Waals surface area contributed by atoms with E-state index in [1.165, 1.54) is 6.42 Å². The van der Waals surface area contributed by atoms with Gasteiger partial charge in [-0.1, -0.05) is 0 Å². The van der Waals surface area contributed by atoms with Crippen LogP contribution in [0.4, 0.5) is 0 Å². The number of aromatic nitrogens is 5. The van der Waals surface area contributed by atoms with E-state index in [4.69, 9.17) is 0 Å². The smallest absolute Gasteiger partial charge is 0.157 e. The van der Waals surface area contributed by atoms with Crippen molar-refractivity contribution in [1.82, 2.24) is 29.8 Å². The molecule has 1 atom stereocenters. The SMILES string of the molecule is c1c[nH]c(-c2cnc([C@H]3CCCN3Cc3cscn3)cn2)n1. The van der Waals surface area contributed by atoms with E-state index < -0.39 is 0 Å². The second-order valence-electron chi connectivity index (χ2n) is 5.37. The molecular weight excluding hydrogens is 296 g/mol. The number of imidazole rings is 1. The highest BCUT2D eigenvalue weighted by atomic mass is 32.1. The van der Waals surface area contributed by atoms with Crippen molar-refractivity contribution in [2.75, 3.05) is 6.54 Å². The molecule has 0 radical (unpaired) electrons. The predicted molar refractivity (Wildman–Crippen MR) is 84.1 cm³/mol. The Hall–Kier alpha value is -2.12. The Morgan fingerprint density at radius 1 is 1.23 bits per heavy atom. The first-order valence-electron chi connectivity index (χ1n) is 7.33. The summed E-state index contributed by atoms with van der Waals surface area (Å²) in [5, 5.41) is 2.11. The van der Waals surface area contributed by atoms with Crippen LogP contribution in [0.15, 0.2) is 35.7 Å². The number of aromatic amines is 1. The second-order valence-corrected chi connectivity index (χ2v) is 6.09. The van der Waals surface area contributed by atoms with Crippen molar-refractivity contribution < 1.29 is 0 Å². The number of hydrogen-bond acceptors (Lipinski definition) is 6. The Morgan fingerprint density at radius 3 is 2.95 bits per heavy atom. The third kappa shape index (κ3) is 2.65. The maximum Gasteiger partial charge on any atom is 0.157 e. The molecule has 0 spiro atoms. The summed E-state index contributed by atoms with van der Waals surface area (Å²) in [7, 11) is 0. The fraction of sp³-hybridized carbons (Fsp3) is 0.333. The van der Waals surface area contributed by atoms with Crippen LogP contribution >= 0.6 is 11.3 Å². The van der Waals surface area contributed by atoms with Crippen LogP contribution in [0.3, 0.4) is 0 Å². The van der Waals surface area contributed by atoms with Crippen molar-refractivity contribution in [3.05, 3.63) is 47.1 Å². The summed E-state index contributed by atoms with van der Waals surface area (Å²) in [6, 6.07) is 0.333. The number of likely N-dealkylation sites (tertiary alicyclic amines) is 1. The lowest BCUT2D eigenvalue weighted by Crippen LogP contribution is -2.23. The van der Waals surface area contributed by atoms with Gasteiger partial charge in [-0.05, 0) is 19.4 Å². The first-order valence-corrected chi connectivity index (χ1v) is 8.27. The van der Waals surface area contributed by atoms with Crippen molar-refractivity contribution >= 4 is 11.3 Å². The van der Waals surface area contributed by atoms with E-state index in [1.54, 1.807) is 29.9 Å². The highest BCUT2D eigenvalue weighted by Gasteiger charge is 2.27. The van der Waals surface area contributed by atoms with Crippen molar-refractivity contribution in [2.45, 2.75) is 25.4 Å². The topological polar surface area (TPSA) is 70.6 Å². The molecule has 1 fully saturated rings. The standard InChI is InChI=1S/C15H16N6S/c1-2-14(21(5-1)8-11-9-22-10-20-11)12-6-19-13(7-18-12)15-16-3-4-17-15/h3-4,6-7,9-10,14H,1-2,5,8H2,(H,16,17)/t14-/m1/s1. The zero-order valence-electron chi connectivity index (χ0n) is 12.0. The third-order valence-corrected chi connectivity index (χ3v) is 4.60. The molecule has 0 saturated carbocycles. The third-order valence-electron chi connectivity index (χ3n) is 3.97. The van der Waals surface area contributed by atoms with Gasteiger partial charge >= 0.3 is 0 Å². The molecule has 4 rings (SSSR count). The zero-order chi connectivity index (χ0) is 14.8. The lowest BCUT2D eigenvalue weighted by atomic mass is 10.1. The van der Waals surface area contributed by atoms with Crippen LogP contribution in [0.25, 0.3) is 11.5 Å². The Morgan fingerprint density at radius 2 is 2.23 bits per heavy atom. The van der Waals surface area contributed by atoms with Gasteiger partial charge in [0, 0.05) is 24.3 Å². The zero-order valence-corrected chi connectivity index (χ0v) is 12.8. The molecular formula is C15H16N6S. The van der Waals surface area contributed by atoms with Gasteiger partial charge in [0.15, 0.2) is 5.82 Å². The van der Waals surface area contributed by atoms with Crippen molar-refractivity contribution in [1.29, 1.82) is 0 Å². The van der Waals surface area contributed by atoms with Crippen molar-refractivity contribution in [3.8, 4) is 11.5 Å². The molecule has 0 aliphatic carbocycles. The van der Waals surface area contributed by atoms with Gasteiger partial charge < -0.3 is 4.98 Å². The fourth-order valence-corrected chi connectivity index (χ4v) is 3.46. The number of nitrogens with one attached hydrogen (secondary N) is 1. The number of thiazole rings is 1. The minimum Gasteiger partial charge on any atom is -0.343 e. The van der Waals surface area contributed by atoms with Crippen LogP contribution in [0.2, 0.25) is 0 Å². The monoisotopic (exact) mass is 312 g/mol. The maximum absolute atomic E-state index is 4.61. The Labute approximate surface area is 132 Å². The molecule has 4 heterocycles. The van der Waals surface area contributed by atoms with Gasteiger partial charge in [0.25, 0.3) is 0 Å². The Kier molecular flexibility index (Phi) is 3.65. The molecule has 22 heavy (non-hydrogen) atoms. The van der Waals surface area contributed by atoms with Crippen LogP contribution in [0.1, 0.15) is 30.3 Å². The van der Waals surface area contributed by atoms with Gasteiger partial charge in [-0.25, -0.2) is 15.0 Å². The summed E-state index contributed by atoms with van der Waals surface area (Å²) in [5.41, 5.74) is 4.83. The molecule has 0 bridgehead atoms. The number of H-pyrrole nitrogens is 1. The molecule has 1 saturated heterocycles. The van der Waals surface area contributed by atoms with E-state index >= 15 is 0 Å². The first kappa shape index (κ1) is 13.5. The summed E-state index contributed by atoms with van der Waals surface area (Å²) in [5.74, 6) is 0.754. The maximum atomic E-state index is 4.61. The van der Waals surface area contributed by atoms with Gasteiger partial charge in [-0.2, -0.15) is 0 Å². The van der Waals surface area contributed by atoms with Crippen molar-refractivity contribution in [3.63, 3.8) is 0 Å². The second kappa shape index (κ2) is 5.94.